The predicted molar refractivity (Wildman–Crippen MR) is 207 cm³/mol. The number of carbonyl (C=O) groups is 1. The van der Waals surface area contributed by atoms with Gasteiger partial charge in [0.1, 0.15) is 0 Å². The molecule has 0 fully saturated rings. The molecule has 48 heavy (non-hydrogen) atoms. The average molecular weight is 656 g/mol. The Morgan fingerprint density at radius 2 is 1.15 bits per heavy atom. The lowest BCUT2D eigenvalue weighted by molar-refractivity contribution is -0.123. The molecule has 0 spiro atoms. The van der Waals surface area contributed by atoms with Gasteiger partial charge in [0.25, 0.3) is 0 Å². The molecule has 0 aliphatic heterocycles. The largest absolute Gasteiger partial charge is 0.394 e. The van der Waals surface area contributed by atoms with Gasteiger partial charge < -0.3 is 15.5 Å². The molecule has 4 nitrogen and oxygen atoms in total. The molecule has 3 N–H and O–H groups in total. The van der Waals surface area contributed by atoms with Crippen LogP contribution in [0.1, 0.15) is 147 Å². The molecule has 0 heterocycles. The van der Waals surface area contributed by atoms with Crippen molar-refractivity contribution in [3.05, 3.63) is 78.4 Å². The summed E-state index contributed by atoms with van der Waals surface area (Å²) in [6.07, 6.45) is 32.4. The number of fused-ring (bicyclic) bond motifs is 2. The number of carbonyl (C=O) groups excluding carboxylic acids is 1. The van der Waals surface area contributed by atoms with Gasteiger partial charge in [0.2, 0.25) is 5.91 Å². The summed E-state index contributed by atoms with van der Waals surface area (Å²) in [7, 11) is 0. The minimum atomic E-state index is -0.854. The average Bonchev–Trinajstić information content (AvgIpc) is 3.10. The number of nitrogens with one attached hydrogen (secondary N) is 1. The van der Waals surface area contributed by atoms with Crippen LogP contribution in [0.15, 0.2) is 72.8 Å². The third-order valence-electron chi connectivity index (χ3n) is 9.64. The first-order valence-corrected chi connectivity index (χ1v) is 19.5. The highest BCUT2D eigenvalue weighted by Crippen LogP contribution is 2.29. The van der Waals surface area contributed by atoms with Gasteiger partial charge in [-0.25, -0.2) is 0 Å². The maximum Gasteiger partial charge on any atom is 0.220 e. The van der Waals surface area contributed by atoms with E-state index >= 15 is 0 Å². The summed E-state index contributed by atoms with van der Waals surface area (Å²) in [6, 6.07) is 18.9. The number of allylic oxidation sites excluding steroid dienone is 2. The molecule has 3 aromatic carbocycles. The smallest absolute Gasteiger partial charge is 0.220 e. The molecule has 0 aromatic heterocycles. The highest BCUT2D eigenvalue weighted by Gasteiger charge is 2.18. The lowest BCUT2D eigenvalue weighted by Crippen LogP contribution is -2.45. The fourth-order valence-corrected chi connectivity index (χ4v) is 6.68. The number of aliphatic hydroxyl groups is 2. The molecule has 0 saturated carbocycles. The maximum atomic E-state index is 12.4. The Kier molecular flexibility index (Phi) is 20.6. The highest BCUT2D eigenvalue weighted by molar-refractivity contribution is 6.06. The maximum absolute atomic E-state index is 12.4. The van der Waals surface area contributed by atoms with Gasteiger partial charge in [-0.05, 0) is 65.3 Å². The summed E-state index contributed by atoms with van der Waals surface area (Å²) in [5.41, 5.74) is 1.32. The molecule has 0 aliphatic rings. The van der Waals surface area contributed by atoms with Crippen molar-refractivity contribution in [2.24, 2.45) is 0 Å². The second kappa shape index (κ2) is 25.1. The van der Waals surface area contributed by atoms with Crippen molar-refractivity contribution in [1.29, 1.82) is 0 Å². The minimum absolute atomic E-state index is 0.0855. The first kappa shape index (κ1) is 39.5. The number of unbranched alkanes of at least 4 members (excludes halogenated alkanes) is 18. The van der Waals surface area contributed by atoms with Gasteiger partial charge in [-0.1, -0.05) is 176 Å². The van der Waals surface area contributed by atoms with Gasteiger partial charge in [-0.2, -0.15) is 0 Å². The Bertz CT molecular complexity index is 1290. The normalized spacial score (nSPS) is 13.2. The molecule has 0 bridgehead atoms. The monoisotopic (exact) mass is 655 g/mol. The van der Waals surface area contributed by atoms with Crippen LogP contribution in [0.5, 0.6) is 0 Å². The summed E-state index contributed by atoms with van der Waals surface area (Å²) in [5, 5.41) is 28.2. The molecule has 0 radical (unpaired) electrons. The van der Waals surface area contributed by atoms with Crippen molar-refractivity contribution in [2.45, 2.75) is 154 Å². The van der Waals surface area contributed by atoms with E-state index in [0.29, 0.717) is 6.42 Å². The van der Waals surface area contributed by atoms with Gasteiger partial charge in [0.05, 0.1) is 18.8 Å². The number of hydrogen-bond donors (Lipinski definition) is 3. The Hall–Kier alpha value is -2.95. The minimum Gasteiger partial charge on any atom is -0.394 e. The topological polar surface area (TPSA) is 69.6 Å². The molecule has 0 aliphatic carbocycles. The second-order valence-electron chi connectivity index (χ2n) is 13.7. The third-order valence-corrected chi connectivity index (χ3v) is 9.64. The summed E-state index contributed by atoms with van der Waals surface area (Å²) < 4.78 is 0. The van der Waals surface area contributed by atoms with E-state index in [1.165, 1.54) is 117 Å². The first-order chi connectivity index (χ1) is 23.6. The quantitative estimate of drug-likeness (QED) is 0.0435. The zero-order valence-electron chi connectivity index (χ0n) is 30.0. The fourth-order valence-electron chi connectivity index (χ4n) is 6.68. The third kappa shape index (κ3) is 15.5. The SMILES string of the molecule is CCCCCCCCCCCCC/C=C/[C@@H](O)[C@H](CO)NC(=O)CCCCCCCCC/C=C/c1c2ccccc2cc2ccccc12. The van der Waals surface area contributed by atoms with E-state index < -0.39 is 12.1 Å². The molecule has 0 saturated heterocycles. The van der Waals surface area contributed by atoms with Crippen molar-refractivity contribution < 1.29 is 15.0 Å². The lowest BCUT2D eigenvalue weighted by atomic mass is 9.96. The molecular weight excluding hydrogens is 590 g/mol. The van der Waals surface area contributed by atoms with Gasteiger partial charge in [0.15, 0.2) is 0 Å². The van der Waals surface area contributed by atoms with Crippen LogP contribution in [0.3, 0.4) is 0 Å². The van der Waals surface area contributed by atoms with Gasteiger partial charge in [-0.15, -0.1) is 0 Å². The van der Waals surface area contributed by atoms with Crippen molar-refractivity contribution in [2.75, 3.05) is 6.61 Å². The molecule has 264 valence electrons. The van der Waals surface area contributed by atoms with E-state index in [9.17, 15) is 15.0 Å². The van der Waals surface area contributed by atoms with Crippen LogP contribution in [0, 0.1) is 0 Å². The van der Waals surface area contributed by atoms with E-state index in [2.05, 4.69) is 79.0 Å². The number of rotatable bonds is 27. The standard InChI is InChI=1S/C44H65NO3/c1-2-3-4-5-6-7-8-9-10-13-16-19-22-33-43(47)42(36-46)45-44(48)34-23-20-17-14-11-12-15-18-21-32-41-39-30-26-24-28-37(39)35-38-29-25-27-31-40(38)41/h21-22,24-33,35,42-43,46-47H,2-20,23,34,36H2,1H3,(H,45,48)/b32-21+,33-22+/t42-,43+/m0/s1. The lowest BCUT2D eigenvalue weighted by Gasteiger charge is -2.20. The van der Waals surface area contributed by atoms with Gasteiger partial charge >= 0.3 is 0 Å². The number of amides is 1. The summed E-state index contributed by atoms with van der Waals surface area (Å²) >= 11 is 0. The highest BCUT2D eigenvalue weighted by atomic mass is 16.3. The van der Waals surface area contributed by atoms with E-state index in [4.69, 9.17) is 0 Å². The van der Waals surface area contributed by atoms with Crippen molar-refractivity contribution >= 4 is 33.5 Å². The van der Waals surface area contributed by atoms with Crippen LogP contribution in [0.2, 0.25) is 0 Å². The van der Waals surface area contributed by atoms with Crippen LogP contribution in [0.25, 0.3) is 27.6 Å². The van der Waals surface area contributed by atoms with Crippen LogP contribution >= 0.6 is 0 Å². The summed E-state index contributed by atoms with van der Waals surface area (Å²) in [4.78, 5) is 12.4. The fraction of sp³-hybridized carbons (Fsp3) is 0.568. The first-order valence-electron chi connectivity index (χ1n) is 19.5. The van der Waals surface area contributed by atoms with Gasteiger partial charge in [-0.3, -0.25) is 4.79 Å². The number of aliphatic hydroxyl groups excluding tert-OH is 2. The second-order valence-corrected chi connectivity index (χ2v) is 13.7. The van der Waals surface area contributed by atoms with Crippen molar-refractivity contribution in [1.82, 2.24) is 5.32 Å². The van der Waals surface area contributed by atoms with Crippen LogP contribution in [-0.2, 0) is 4.79 Å². The molecule has 2 atom stereocenters. The van der Waals surface area contributed by atoms with Crippen molar-refractivity contribution in [3.8, 4) is 0 Å². The molecular formula is C44H65NO3. The molecule has 3 aromatic rings. The van der Waals surface area contributed by atoms with E-state index in [0.717, 1.165) is 38.5 Å². The summed E-state index contributed by atoms with van der Waals surface area (Å²) in [5.74, 6) is -0.0855. The summed E-state index contributed by atoms with van der Waals surface area (Å²) in [6.45, 7) is 2.00. The Morgan fingerprint density at radius 1 is 0.667 bits per heavy atom. The van der Waals surface area contributed by atoms with E-state index in [1.54, 1.807) is 6.08 Å². The van der Waals surface area contributed by atoms with Crippen LogP contribution in [-0.4, -0.2) is 34.9 Å². The van der Waals surface area contributed by atoms with E-state index in [1.807, 2.05) is 6.08 Å². The Morgan fingerprint density at radius 3 is 1.69 bits per heavy atom. The van der Waals surface area contributed by atoms with E-state index in [-0.39, 0.29) is 12.5 Å². The van der Waals surface area contributed by atoms with Gasteiger partial charge in [0, 0.05) is 6.42 Å². The Balaban J connectivity index is 1.18. The number of benzene rings is 3. The predicted octanol–water partition coefficient (Wildman–Crippen LogP) is 11.6. The molecule has 0 unspecified atom stereocenters. The molecule has 1 amide bonds. The van der Waals surface area contributed by atoms with Crippen LogP contribution < -0.4 is 5.32 Å². The zero-order chi connectivity index (χ0) is 34.1. The molecule has 4 heteroatoms. The molecule has 3 rings (SSSR count). The van der Waals surface area contributed by atoms with Crippen LogP contribution in [0.4, 0.5) is 0 Å². The number of hydrogen-bond acceptors (Lipinski definition) is 3. The Labute approximate surface area is 292 Å². The van der Waals surface area contributed by atoms with Crippen molar-refractivity contribution in [3.63, 3.8) is 0 Å². The zero-order valence-corrected chi connectivity index (χ0v) is 30.0.